The first-order chi connectivity index (χ1) is 8.78. The highest BCUT2D eigenvalue weighted by Gasteiger charge is 2.00. The molecule has 0 aliphatic rings. The molecule has 2 aromatic carbocycles. The Morgan fingerprint density at radius 1 is 1.17 bits per heavy atom. The summed E-state index contributed by atoms with van der Waals surface area (Å²) in [6.45, 7) is 0.488. The number of thiocarbonyl (C=S) groups is 1. The maximum absolute atomic E-state index is 5.97. The minimum atomic E-state index is 0.488. The van der Waals surface area contributed by atoms with Crippen LogP contribution < -0.4 is 4.74 Å². The molecule has 90 valence electrons. The molecule has 2 rings (SSSR count). The van der Waals surface area contributed by atoms with E-state index in [0.717, 1.165) is 5.56 Å². The number of rotatable bonds is 4. The lowest BCUT2D eigenvalue weighted by molar-refractivity contribution is 0.306. The molecule has 0 radical (unpaired) electrons. The maximum atomic E-state index is 5.97. The Labute approximate surface area is 116 Å². The first-order valence-electron chi connectivity index (χ1n) is 5.33. The van der Waals surface area contributed by atoms with Crippen molar-refractivity contribution in [3.8, 4) is 5.75 Å². The summed E-state index contributed by atoms with van der Waals surface area (Å²) in [6.07, 6.45) is 0. The van der Waals surface area contributed by atoms with Gasteiger partial charge in [0.1, 0.15) is 12.4 Å². The Bertz CT molecular complexity index is 580. The minimum Gasteiger partial charge on any atom is -0.489 e. The number of hydrogen-bond acceptors (Lipinski definition) is 3. The van der Waals surface area contributed by atoms with Gasteiger partial charge in [-0.05, 0) is 29.9 Å². The second-order valence-electron chi connectivity index (χ2n) is 3.62. The Morgan fingerprint density at radius 3 is 2.67 bits per heavy atom. The number of halogens is 1. The van der Waals surface area contributed by atoms with Crippen molar-refractivity contribution in [2.75, 3.05) is 0 Å². The summed E-state index contributed by atoms with van der Waals surface area (Å²) in [5.41, 5.74) is 1.73. The van der Waals surface area contributed by atoms with Crippen molar-refractivity contribution in [2.24, 2.45) is 4.99 Å². The van der Waals surface area contributed by atoms with E-state index in [1.165, 1.54) is 0 Å². The average Bonchev–Trinajstić information content (AvgIpc) is 2.37. The van der Waals surface area contributed by atoms with Crippen molar-refractivity contribution in [2.45, 2.75) is 6.61 Å². The first kappa shape index (κ1) is 12.8. The molecular weight excluding hydrogens is 266 g/mol. The summed E-state index contributed by atoms with van der Waals surface area (Å²) in [5, 5.41) is 2.87. The molecule has 4 heteroatoms. The fraction of sp³-hybridized carbons (Fsp3) is 0.0714. The molecule has 2 nitrogen and oxygen atoms in total. The van der Waals surface area contributed by atoms with Gasteiger partial charge < -0.3 is 4.74 Å². The van der Waals surface area contributed by atoms with Gasteiger partial charge in [0.05, 0.1) is 10.8 Å². The van der Waals surface area contributed by atoms with E-state index in [-0.39, 0.29) is 0 Å². The van der Waals surface area contributed by atoms with Crippen LogP contribution in [0.5, 0.6) is 5.75 Å². The van der Waals surface area contributed by atoms with Crippen molar-refractivity contribution in [1.82, 2.24) is 0 Å². The van der Waals surface area contributed by atoms with Crippen LogP contribution in [0.1, 0.15) is 5.56 Å². The fourth-order valence-electron chi connectivity index (χ4n) is 1.49. The third kappa shape index (κ3) is 3.67. The monoisotopic (exact) mass is 275 g/mol. The number of benzene rings is 2. The average molecular weight is 276 g/mol. The molecule has 0 saturated carbocycles. The van der Waals surface area contributed by atoms with Crippen molar-refractivity contribution in [1.29, 1.82) is 0 Å². The Balaban J connectivity index is 2.12. The highest BCUT2D eigenvalue weighted by Crippen LogP contribution is 2.26. The van der Waals surface area contributed by atoms with E-state index in [1.54, 1.807) is 18.2 Å². The summed E-state index contributed by atoms with van der Waals surface area (Å²) in [4.78, 5) is 3.88. The highest BCUT2D eigenvalue weighted by atomic mass is 35.5. The van der Waals surface area contributed by atoms with E-state index in [0.29, 0.717) is 23.1 Å². The summed E-state index contributed by atoms with van der Waals surface area (Å²) >= 11 is 10.5. The quantitative estimate of drug-likeness (QED) is 0.598. The second-order valence-corrected chi connectivity index (χ2v) is 4.24. The number of isothiocyanates is 1. The van der Waals surface area contributed by atoms with Gasteiger partial charge in [0, 0.05) is 11.1 Å². The van der Waals surface area contributed by atoms with Gasteiger partial charge in [-0.3, -0.25) is 0 Å². The standard InChI is InChI=1S/C14H10ClNOS/c15-12-6-13(16-10-18)8-14(7-12)17-9-11-4-2-1-3-5-11/h1-8H,9H2. The van der Waals surface area contributed by atoms with Crippen molar-refractivity contribution in [3.05, 3.63) is 59.1 Å². The van der Waals surface area contributed by atoms with E-state index in [1.807, 2.05) is 30.3 Å². The number of aliphatic imine (C=N–C) groups is 1. The van der Waals surface area contributed by atoms with Gasteiger partial charge in [-0.1, -0.05) is 41.9 Å². The molecule has 0 heterocycles. The van der Waals surface area contributed by atoms with Crippen LogP contribution >= 0.6 is 23.8 Å². The zero-order valence-electron chi connectivity index (χ0n) is 9.47. The fourth-order valence-corrected chi connectivity index (χ4v) is 1.81. The smallest absolute Gasteiger partial charge is 0.123 e. The predicted molar refractivity (Wildman–Crippen MR) is 76.9 cm³/mol. The summed E-state index contributed by atoms with van der Waals surface area (Å²) in [7, 11) is 0. The zero-order valence-corrected chi connectivity index (χ0v) is 11.0. The molecular formula is C14H10ClNOS. The van der Waals surface area contributed by atoms with Gasteiger partial charge in [0.15, 0.2) is 0 Å². The van der Waals surface area contributed by atoms with E-state index >= 15 is 0 Å². The van der Waals surface area contributed by atoms with E-state index < -0.39 is 0 Å². The van der Waals surface area contributed by atoms with Gasteiger partial charge >= 0.3 is 0 Å². The van der Waals surface area contributed by atoms with E-state index in [2.05, 4.69) is 22.4 Å². The molecule has 0 fully saturated rings. The largest absolute Gasteiger partial charge is 0.489 e. The molecule has 0 N–H and O–H groups in total. The van der Waals surface area contributed by atoms with Gasteiger partial charge in [-0.15, -0.1) is 0 Å². The van der Waals surface area contributed by atoms with Gasteiger partial charge in [0.2, 0.25) is 0 Å². The maximum Gasteiger partial charge on any atom is 0.123 e. The van der Waals surface area contributed by atoms with Crippen LogP contribution in [0.3, 0.4) is 0 Å². The number of ether oxygens (including phenoxy) is 1. The summed E-state index contributed by atoms with van der Waals surface area (Å²) in [6, 6.07) is 15.1. The van der Waals surface area contributed by atoms with Crippen molar-refractivity contribution < 1.29 is 4.74 Å². The second kappa shape index (κ2) is 6.31. The molecule has 0 saturated heterocycles. The normalized spacial score (nSPS) is 9.61. The lowest BCUT2D eigenvalue weighted by Crippen LogP contribution is -1.94. The predicted octanol–water partition coefficient (Wildman–Crippen LogP) is 4.65. The molecule has 0 aliphatic heterocycles. The minimum absolute atomic E-state index is 0.488. The van der Waals surface area contributed by atoms with Crippen LogP contribution in [0.15, 0.2) is 53.5 Å². The Kier molecular flexibility index (Phi) is 4.48. The zero-order chi connectivity index (χ0) is 12.8. The third-order valence-corrected chi connectivity index (χ3v) is 2.59. The summed E-state index contributed by atoms with van der Waals surface area (Å²) < 4.78 is 5.65. The van der Waals surface area contributed by atoms with E-state index in [9.17, 15) is 0 Å². The Hall–Kier alpha value is -1.67. The van der Waals surface area contributed by atoms with Crippen LogP contribution in [0.4, 0.5) is 5.69 Å². The van der Waals surface area contributed by atoms with Gasteiger partial charge in [-0.2, -0.15) is 4.99 Å². The molecule has 0 amide bonds. The number of hydrogen-bond donors (Lipinski definition) is 0. The summed E-state index contributed by atoms with van der Waals surface area (Å²) in [5.74, 6) is 0.662. The van der Waals surface area contributed by atoms with Crippen LogP contribution in [-0.2, 0) is 6.61 Å². The Morgan fingerprint density at radius 2 is 1.94 bits per heavy atom. The molecule has 2 aromatic rings. The highest BCUT2D eigenvalue weighted by molar-refractivity contribution is 7.78. The topological polar surface area (TPSA) is 21.6 Å². The van der Waals surface area contributed by atoms with Crippen LogP contribution in [0.25, 0.3) is 0 Å². The van der Waals surface area contributed by atoms with Crippen LogP contribution in [0.2, 0.25) is 5.02 Å². The van der Waals surface area contributed by atoms with Crippen LogP contribution in [0, 0.1) is 0 Å². The van der Waals surface area contributed by atoms with E-state index in [4.69, 9.17) is 16.3 Å². The lowest BCUT2D eigenvalue weighted by atomic mass is 10.2. The van der Waals surface area contributed by atoms with Crippen LogP contribution in [-0.4, -0.2) is 5.16 Å². The van der Waals surface area contributed by atoms with Crippen molar-refractivity contribution in [3.63, 3.8) is 0 Å². The molecule has 0 unspecified atom stereocenters. The van der Waals surface area contributed by atoms with Gasteiger partial charge in [-0.25, -0.2) is 0 Å². The lowest BCUT2D eigenvalue weighted by Gasteiger charge is -2.07. The molecule has 0 atom stereocenters. The van der Waals surface area contributed by atoms with Gasteiger partial charge in [0.25, 0.3) is 0 Å². The molecule has 0 aromatic heterocycles. The molecule has 0 bridgehead atoms. The van der Waals surface area contributed by atoms with Crippen molar-refractivity contribution >= 4 is 34.7 Å². The third-order valence-electron chi connectivity index (χ3n) is 2.28. The molecule has 18 heavy (non-hydrogen) atoms. The molecule has 0 spiro atoms. The first-order valence-corrected chi connectivity index (χ1v) is 6.12. The number of nitrogens with zero attached hydrogens (tertiary/aromatic N) is 1. The molecule has 0 aliphatic carbocycles. The SMILES string of the molecule is S=C=Nc1cc(Cl)cc(OCc2ccccc2)c1.